The predicted molar refractivity (Wildman–Crippen MR) is 99.3 cm³/mol. The van der Waals surface area contributed by atoms with Crippen molar-refractivity contribution in [2.24, 2.45) is 5.16 Å². The minimum atomic E-state index is -0.731. The summed E-state index contributed by atoms with van der Waals surface area (Å²) in [4.78, 5) is 18.8. The van der Waals surface area contributed by atoms with E-state index in [1.165, 1.54) is 11.3 Å². The smallest absolute Gasteiger partial charge is 0.269 e. The minimum absolute atomic E-state index is 0.314. The first-order valence-electron chi connectivity index (χ1n) is 7.86. The summed E-state index contributed by atoms with van der Waals surface area (Å²) >= 11 is 7.57. The molecule has 1 N–H and O–H groups in total. The number of anilines is 1. The van der Waals surface area contributed by atoms with E-state index in [0.717, 1.165) is 22.4 Å². The van der Waals surface area contributed by atoms with Crippen molar-refractivity contribution in [3.8, 4) is 6.07 Å². The van der Waals surface area contributed by atoms with Gasteiger partial charge in [0.1, 0.15) is 11.1 Å². The van der Waals surface area contributed by atoms with Crippen molar-refractivity contribution in [2.45, 2.75) is 32.8 Å². The average molecular weight is 374 g/mol. The number of benzene rings is 1. The number of halogens is 1. The van der Waals surface area contributed by atoms with Crippen LogP contribution in [0, 0.1) is 18.3 Å². The van der Waals surface area contributed by atoms with Crippen molar-refractivity contribution in [1.29, 1.82) is 5.26 Å². The van der Waals surface area contributed by atoms with Crippen LogP contribution in [0.3, 0.4) is 0 Å². The standard InChI is InChI=1S/C18H16ClN3O2S/c1-3-11-10(2)25-18(13(11)9-20)21-17(23)16-8-15(22-24-16)12-6-4-5-7-14(12)19/h4-7,16H,3,8H2,1-2H3,(H,21,23)/t16-/m1/s1. The maximum absolute atomic E-state index is 12.5. The maximum Gasteiger partial charge on any atom is 0.269 e. The Labute approximate surface area is 154 Å². The van der Waals surface area contributed by atoms with Crippen LogP contribution >= 0.6 is 22.9 Å². The van der Waals surface area contributed by atoms with Gasteiger partial charge < -0.3 is 10.2 Å². The molecule has 0 fully saturated rings. The van der Waals surface area contributed by atoms with E-state index in [0.29, 0.717) is 27.7 Å². The van der Waals surface area contributed by atoms with Crippen LogP contribution in [0.4, 0.5) is 5.00 Å². The topological polar surface area (TPSA) is 74.5 Å². The second-order valence-electron chi connectivity index (χ2n) is 5.61. The Bertz CT molecular complexity index is 898. The lowest BCUT2D eigenvalue weighted by molar-refractivity contribution is -0.125. The Morgan fingerprint density at radius 1 is 1.52 bits per heavy atom. The lowest BCUT2D eigenvalue weighted by atomic mass is 10.0. The number of nitrogens with one attached hydrogen (secondary N) is 1. The van der Waals surface area contributed by atoms with Crippen LogP contribution in [0.1, 0.15) is 34.9 Å². The molecule has 0 spiro atoms. The van der Waals surface area contributed by atoms with Gasteiger partial charge in [0.15, 0.2) is 0 Å². The summed E-state index contributed by atoms with van der Waals surface area (Å²) in [5.41, 5.74) is 2.91. The first kappa shape index (κ1) is 17.5. The molecule has 2 heterocycles. The molecule has 25 heavy (non-hydrogen) atoms. The predicted octanol–water partition coefficient (Wildman–Crippen LogP) is 4.28. The van der Waals surface area contributed by atoms with Gasteiger partial charge in [0, 0.05) is 21.9 Å². The summed E-state index contributed by atoms with van der Waals surface area (Å²) in [6, 6.07) is 9.49. The molecule has 7 heteroatoms. The molecule has 5 nitrogen and oxygen atoms in total. The first-order valence-corrected chi connectivity index (χ1v) is 9.05. The molecule has 1 aliphatic rings. The number of carbonyl (C=O) groups excluding carboxylic acids is 1. The SMILES string of the molecule is CCc1c(C)sc(NC(=O)[C@H]2CC(c3ccccc3Cl)=NO2)c1C#N. The van der Waals surface area contributed by atoms with E-state index in [4.69, 9.17) is 16.4 Å². The van der Waals surface area contributed by atoms with Gasteiger partial charge in [-0.15, -0.1) is 11.3 Å². The Morgan fingerprint density at radius 3 is 2.96 bits per heavy atom. The van der Waals surface area contributed by atoms with Crippen molar-refractivity contribution in [3.05, 3.63) is 50.9 Å². The van der Waals surface area contributed by atoms with E-state index < -0.39 is 6.10 Å². The third kappa shape index (κ3) is 3.39. The van der Waals surface area contributed by atoms with Gasteiger partial charge in [-0.3, -0.25) is 4.79 Å². The highest BCUT2D eigenvalue weighted by Gasteiger charge is 2.30. The lowest BCUT2D eigenvalue weighted by Crippen LogP contribution is -2.28. The van der Waals surface area contributed by atoms with E-state index in [2.05, 4.69) is 16.5 Å². The number of amides is 1. The molecule has 0 bridgehead atoms. The fourth-order valence-corrected chi connectivity index (χ4v) is 4.12. The molecule has 0 aliphatic carbocycles. The Hall–Kier alpha value is -2.36. The summed E-state index contributed by atoms with van der Waals surface area (Å²) in [6.45, 7) is 3.94. The number of hydrogen-bond acceptors (Lipinski definition) is 5. The van der Waals surface area contributed by atoms with Crippen LogP contribution in [0.25, 0.3) is 0 Å². The number of carbonyl (C=O) groups is 1. The highest BCUT2D eigenvalue weighted by Crippen LogP contribution is 2.33. The largest absolute Gasteiger partial charge is 0.382 e. The van der Waals surface area contributed by atoms with Gasteiger partial charge in [0.2, 0.25) is 6.10 Å². The van der Waals surface area contributed by atoms with Gasteiger partial charge in [-0.05, 0) is 25.0 Å². The Balaban J connectivity index is 1.73. The fourth-order valence-electron chi connectivity index (χ4n) is 2.78. The zero-order chi connectivity index (χ0) is 18.0. The van der Waals surface area contributed by atoms with Crippen molar-refractivity contribution in [1.82, 2.24) is 0 Å². The summed E-state index contributed by atoms with van der Waals surface area (Å²) in [5, 5.41) is 17.3. The van der Waals surface area contributed by atoms with E-state index in [-0.39, 0.29) is 5.91 Å². The van der Waals surface area contributed by atoms with Crippen LogP contribution < -0.4 is 5.32 Å². The number of hydrogen-bond donors (Lipinski definition) is 1. The van der Waals surface area contributed by atoms with Gasteiger partial charge in [-0.2, -0.15) is 5.26 Å². The molecule has 1 aromatic carbocycles. The molecular formula is C18H16ClN3O2S. The molecule has 0 saturated carbocycles. The van der Waals surface area contributed by atoms with E-state index in [1.54, 1.807) is 6.07 Å². The van der Waals surface area contributed by atoms with Gasteiger partial charge in [-0.1, -0.05) is 41.9 Å². The van der Waals surface area contributed by atoms with Crippen LogP contribution in [-0.4, -0.2) is 17.7 Å². The zero-order valence-corrected chi connectivity index (χ0v) is 15.4. The minimum Gasteiger partial charge on any atom is -0.382 e. The first-order chi connectivity index (χ1) is 12.0. The van der Waals surface area contributed by atoms with E-state index in [9.17, 15) is 10.1 Å². The van der Waals surface area contributed by atoms with Crippen LogP contribution in [0.15, 0.2) is 29.4 Å². The number of oxime groups is 1. The van der Waals surface area contributed by atoms with Crippen molar-refractivity contribution >= 4 is 39.6 Å². The van der Waals surface area contributed by atoms with Crippen molar-refractivity contribution in [2.75, 3.05) is 5.32 Å². The fraction of sp³-hybridized carbons (Fsp3) is 0.278. The summed E-state index contributed by atoms with van der Waals surface area (Å²) in [7, 11) is 0. The highest BCUT2D eigenvalue weighted by molar-refractivity contribution is 7.16. The molecular weight excluding hydrogens is 358 g/mol. The van der Waals surface area contributed by atoms with Crippen LogP contribution in [0.2, 0.25) is 5.02 Å². The summed E-state index contributed by atoms with van der Waals surface area (Å²) in [6.07, 6.45) is 0.355. The van der Waals surface area contributed by atoms with Gasteiger partial charge in [0.05, 0.1) is 11.3 Å². The van der Waals surface area contributed by atoms with Gasteiger partial charge in [-0.25, -0.2) is 0 Å². The van der Waals surface area contributed by atoms with E-state index >= 15 is 0 Å². The average Bonchev–Trinajstić information content (AvgIpc) is 3.19. The monoisotopic (exact) mass is 373 g/mol. The zero-order valence-electron chi connectivity index (χ0n) is 13.8. The molecule has 1 aromatic heterocycles. The molecule has 1 aliphatic heterocycles. The Morgan fingerprint density at radius 2 is 2.28 bits per heavy atom. The van der Waals surface area contributed by atoms with Crippen LogP contribution in [0.5, 0.6) is 0 Å². The molecule has 1 amide bonds. The molecule has 0 unspecified atom stereocenters. The number of nitrogens with zero attached hydrogens (tertiary/aromatic N) is 2. The molecule has 128 valence electrons. The third-order valence-corrected chi connectivity index (χ3v) is 5.45. The third-order valence-electron chi connectivity index (χ3n) is 4.06. The summed E-state index contributed by atoms with van der Waals surface area (Å²) < 4.78 is 0. The maximum atomic E-state index is 12.5. The number of rotatable bonds is 4. The van der Waals surface area contributed by atoms with Gasteiger partial charge in [0.25, 0.3) is 5.91 Å². The number of aryl methyl sites for hydroxylation is 1. The number of thiophene rings is 1. The quantitative estimate of drug-likeness (QED) is 0.869. The second kappa shape index (κ2) is 7.26. The summed E-state index contributed by atoms with van der Waals surface area (Å²) in [5.74, 6) is -0.314. The molecule has 0 saturated heterocycles. The molecule has 0 radical (unpaired) electrons. The molecule has 2 aromatic rings. The lowest BCUT2D eigenvalue weighted by Gasteiger charge is -2.08. The van der Waals surface area contributed by atoms with Crippen LogP contribution in [-0.2, 0) is 16.1 Å². The van der Waals surface area contributed by atoms with E-state index in [1.807, 2.05) is 32.0 Å². The van der Waals surface area contributed by atoms with Gasteiger partial charge >= 0.3 is 0 Å². The highest BCUT2D eigenvalue weighted by atomic mass is 35.5. The van der Waals surface area contributed by atoms with Crippen molar-refractivity contribution in [3.63, 3.8) is 0 Å². The second-order valence-corrected chi connectivity index (χ2v) is 7.24. The Kier molecular flexibility index (Phi) is 5.07. The van der Waals surface area contributed by atoms with Crippen molar-refractivity contribution < 1.29 is 9.63 Å². The molecule has 1 atom stereocenters. The normalized spacial score (nSPS) is 16.1. The number of nitriles is 1. The molecule has 3 rings (SSSR count).